The van der Waals surface area contributed by atoms with Crippen LogP contribution in [0.15, 0.2) is 51.9 Å². The van der Waals surface area contributed by atoms with E-state index in [0.717, 1.165) is 10.0 Å². The minimum absolute atomic E-state index is 0.0264. The van der Waals surface area contributed by atoms with Gasteiger partial charge in [0.25, 0.3) is 5.56 Å². The molecule has 4 heteroatoms. The number of hydrogen-bond donors (Lipinski definition) is 0. The third-order valence-electron chi connectivity index (χ3n) is 2.25. The molecule has 0 aliphatic carbocycles. The molecule has 0 atom stereocenters. The molecular formula is C12H9BrClNO. The van der Waals surface area contributed by atoms with E-state index in [0.29, 0.717) is 11.6 Å². The maximum absolute atomic E-state index is 11.5. The molecule has 0 amide bonds. The van der Waals surface area contributed by atoms with Crippen molar-refractivity contribution in [3.8, 4) is 0 Å². The molecule has 2 rings (SSSR count). The highest BCUT2D eigenvalue weighted by Gasteiger charge is 2.02. The number of rotatable bonds is 2. The van der Waals surface area contributed by atoms with Gasteiger partial charge in [0, 0.05) is 21.8 Å². The highest BCUT2D eigenvalue weighted by atomic mass is 79.9. The van der Waals surface area contributed by atoms with Gasteiger partial charge in [-0.15, -0.1) is 0 Å². The number of aromatic nitrogens is 1. The van der Waals surface area contributed by atoms with Crippen molar-refractivity contribution >= 4 is 27.5 Å². The van der Waals surface area contributed by atoms with Crippen molar-refractivity contribution in [1.29, 1.82) is 0 Å². The minimum atomic E-state index is -0.0264. The average molecular weight is 299 g/mol. The second-order valence-electron chi connectivity index (χ2n) is 3.40. The molecule has 0 saturated carbocycles. The molecule has 0 unspecified atom stereocenters. The van der Waals surface area contributed by atoms with E-state index in [4.69, 9.17) is 11.6 Å². The van der Waals surface area contributed by atoms with Gasteiger partial charge >= 0.3 is 0 Å². The van der Waals surface area contributed by atoms with E-state index in [9.17, 15) is 4.79 Å². The normalized spacial score (nSPS) is 10.4. The number of halogens is 2. The fraction of sp³-hybridized carbons (Fsp3) is 0.0833. The summed E-state index contributed by atoms with van der Waals surface area (Å²) in [5.74, 6) is 0. The van der Waals surface area contributed by atoms with Crippen molar-refractivity contribution in [1.82, 2.24) is 4.57 Å². The van der Waals surface area contributed by atoms with Gasteiger partial charge in [-0.25, -0.2) is 0 Å². The molecule has 1 aromatic carbocycles. The monoisotopic (exact) mass is 297 g/mol. The second-order valence-corrected chi connectivity index (χ2v) is 4.73. The summed E-state index contributed by atoms with van der Waals surface area (Å²) in [5.41, 5.74) is 0.902. The molecule has 0 spiro atoms. The first-order valence-corrected chi connectivity index (χ1v) is 5.93. The van der Waals surface area contributed by atoms with Crippen LogP contribution in [0.5, 0.6) is 0 Å². The van der Waals surface area contributed by atoms with Crippen molar-refractivity contribution in [2.45, 2.75) is 6.54 Å². The van der Waals surface area contributed by atoms with Gasteiger partial charge in [-0.1, -0.05) is 39.7 Å². The molecule has 1 aromatic heterocycles. The Hall–Kier alpha value is -1.06. The molecule has 0 radical (unpaired) electrons. The van der Waals surface area contributed by atoms with Gasteiger partial charge in [0.1, 0.15) is 0 Å². The van der Waals surface area contributed by atoms with Crippen molar-refractivity contribution < 1.29 is 0 Å². The Morgan fingerprint density at radius 3 is 2.75 bits per heavy atom. The molecule has 0 saturated heterocycles. The Balaban J connectivity index is 2.35. The van der Waals surface area contributed by atoms with Crippen LogP contribution in [0.4, 0.5) is 0 Å². The fourth-order valence-corrected chi connectivity index (χ4v) is 2.16. The quantitative estimate of drug-likeness (QED) is 0.834. The van der Waals surface area contributed by atoms with Gasteiger partial charge in [0.05, 0.1) is 6.54 Å². The van der Waals surface area contributed by atoms with Crippen LogP contribution in [0.2, 0.25) is 5.02 Å². The number of pyridine rings is 1. The molecule has 2 nitrogen and oxygen atoms in total. The Kier molecular flexibility index (Phi) is 3.46. The van der Waals surface area contributed by atoms with Gasteiger partial charge in [-0.2, -0.15) is 0 Å². The summed E-state index contributed by atoms with van der Waals surface area (Å²) in [6, 6.07) is 10.7. The van der Waals surface area contributed by atoms with Crippen LogP contribution in [0, 0.1) is 0 Å². The smallest absolute Gasteiger partial charge is 0.250 e. The van der Waals surface area contributed by atoms with Crippen molar-refractivity contribution in [2.24, 2.45) is 0 Å². The third-order valence-corrected chi connectivity index (χ3v) is 3.10. The third kappa shape index (κ3) is 2.54. The van der Waals surface area contributed by atoms with E-state index in [1.54, 1.807) is 16.8 Å². The summed E-state index contributed by atoms with van der Waals surface area (Å²) in [5, 5.41) is 0.658. The first-order chi connectivity index (χ1) is 7.66. The molecule has 0 aliphatic heterocycles. The van der Waals surface area contributed by atoms with Gasteiger partial charge in [0.15, 0.2) is 0 Å². The van der Waals surface area contributed by atoms with E-state index in [1.807, 2.05) is 24.3 Å². The van der Waals surface area contributed by atoms with Crippen molar-refractivity contribution in [3.63, 3.8) is 0 Å². The molecule has 16 heavy (non-hydrogen) atoms. The molecule has 1 heterocycles. The lowest BCUT2D eigenvalue weighted by molar-refractivity contribution is 0.759. The van der Waals surface area contributed by atoms with Crippen LogP contribution >= 0.6 is 27.5 Å². The van der Waals surface area contributed by atoms with E-state index in [-0.39, 0.29) is 5.56 Å². The zero-order chi connectivity index (χ0) is 11.5. The van der Waals surface area contributed by atoms with Gasteiger partial charge < -0.3 is 4.57 Å². The van der Waals surface area contributed by atoms with Crippen LogP contribution in [0.3, 0.4) is 0 Å². The zero-order valence-corrected chi connectivity index (χ0v) is 10.7. The standard InChI is InChI=1S/C12H9BrClNO/c13-10-5-4-9(11(14)7-10)8-15-6-2-1-3-12(15)16/h1-7H,8H2. The lowest BCUT2D eigenvalue weighted by Crippen LogP contribution is -2.18. The molecule has 0 aliphatic rings. The number of benzene rings is 1. The highest BCUT2D eigenvalue weighted by molar-refractivity contribution is 9.10. The average Bonchev–Trinajstić information content (AvgIpc) is 2.25. The molecule has 0 bridgehead atoms. The summed E-state index contributed by atoms with van der Waals surface area (Å²) in [6.45, 7) is 0.492. The predicted octanol–water partition coefficient (Wildman–Crippen LogP) is 3.31. The number of hydrogen-bond acceptors (Lipinski definition) is 1. The molecule has 82 valence electrons. The first-order valence-electron chi connectivity index (χ1n) is 4.76. The molecule has 0 N–H and O–H groups in total. The second kappa shape index (κ2) is 4.85. The Morgan fingerprint density at radius 2 is 2.06 bits per heavy atom. The summed E-state index contributed by atoms with van der Waals surface area (Å²) in [7, 11) is 0. The maximum atomic E-state index is 11.5. The Bertz CT molecular complexity index is 565. The summed E-state index contributed by atoms with van der Waals surface area (Å²) in [4.78, 5) is 11.5. The molecule has 2 aromatic rings. The van der Waals surface area contributed by atoms with Crippen molar-refractivity contribution in [3.05, 3.63) is 68.0 Å². The lowest BCUT2D eigenvalue weighted by Gasteiger charge is -2.07. The maximum Gasteiger partial charge on any atom is 0.250 e. The molecule has 0 fully saturated rings. The summed E-state index contributed by atoms with van der Waals surface area (Å²) in [6.07, 6.45) is 1.75. The lowest BCUT2D eigenvalue weighted by atomic mass is 10.2. The van der Waals surface area contributed by atoms with Crippen LogP contribution < -0.4 is 5.56 Å². The first kappa shape index (κ1) is 11.4. The van der Waals surface area contributed by atoms with E-state index >= 15 is 0 Å². The van der Waals surface area contributed by atoms with Gasteiger partial charge in [0.2, 0.25) is 0 Å². The summed E-state index contributed by atoms with van der Waals surface area (Å²) >= 11 is 9.43. The van der Waals surface area contributed by atoms with Gasteiger partial charge in [-0.05, 0) is 23.8 Å². The fourth-order valence-electron chi connectivity index (χ4n) is 1.42. The number of nitrogens with zero attached hydrogens (tertiary/aromatic N) is 1. The van der Waals surface area contributed by atoms with Crippen LogP contribution in [-0.2, 0) is 6.54 Å². The van der Waals surface area contributed by atoms with Crippen LogP contribution in [-0.4, -0.2) is 4.57 Å². The Morgan fingerprint density at radius 1 is 1.25 bits per heavy atom. The minimum Gasteiger partial charge on any atom is -0.311 e. The zero-order valence-electron chi connectivity index (χ0n) is 8.36. The van der Waals surface area contributed by atoms with E-state index in [2.05, 4.69) is 15.9 Å². The SMILES string of the molecule is O=c1ccccn1Cc1ccc(Br)cc1Cl. The topological polar surface area (TPSA) is 22.0 Å². The Labute approximate surface area is 107 Å². The van der Waals surface area contributed by atoms with Crippen LogP contribution in [0.1, 0.15) is 5.56 Å². The molecular weight excluding hydrogens is 289 g/mol. The van der Waals surface area contributed by atoms with E-state index < -0.39 is 0 Å². The van der Waals surface area contributed by atoms with Crippen molar-refractivity contribution in [2.75, 3.05) is 0 Å². The summed E-state index contributed by atoms with van der Waals surface area (Å²) < 4.78 is 2.55. The van der Waals surface area contributed by atoms with Crippen LogP contribution in [0.25, 0.3) is 0 Å². The highest BCUT2D eigenvalue weighted by Crippen LogP contribution is 2.21. The van der Waals surface area contributed by atoms with E-state index in [1.165, 1.54) is 6.07 Å². The van der Waals surface area contributed by atoms with Gasteiger partial charge in [-0.3, -0.25) is 4.79 Å². The predicted molar refractivity (Wildman–Crippen MR) is 69.0 cm³/mol. The largest absolute Gasteiger partial charge is 0.311 e.